The molecule has 3 heteroatoms. The molecule has 0 aliphatic heterocycles. The summed E-state index contributed by atoms with van der Waals surface area (Å²) in [7, 11) is 0. The van der Waals surface area contributed by atoms with E-state index in [1.165, 1.54) is 12.8 Å². The molecular weight excluding hydrogens is 264 g/mol. The number of ether oxygens (including phenoxy) is 2. The van der Waals surface area contributed by atoms with Gasteiger partial charge in [0, 0.05) is 0 Å². The van der Waals surface area contributed by atoms with Crippen LogP contribution >= 0.6 is 0 Å². The molecule has 0 radical (unpaired) electrons. The molecule has 2 saturated carbocycles. The number of hydrogen-bond acceptors (Lipinski definition) is 3. The summed E-state index contributed by atoms with van der Waals surface area (Å²) in [5, 5.41) is 0. The van der Waals surface area contributed by atoms with Crippen molar-refractivity contribution in [1.82, 2.24) is 0 Å². The second-order valence-corrected chi connectivity index (χ2v) is 7.65. The van der Waals surface area contributed by atoms with E-state index in [0.717, 1.165) is 32.1 Å². The minimum Gasteiger partial charge on any atom is -0.431 e. The van der Waals surface area contributed by atoms with Crippen LogP contribution in [0.3, 0.4) is 0 Å². The number of carbonyl (C=O) groups excluding carboxylic acids is 1. The first-order valence-corrected chi connectivity index (χ1v) is 8.84. The molecule has 2 aliphatic rings. The fourth-order valence-electron chi connectivity index (χ4n) is 3.98. The topological polar surface area (TPSA) is 35.5 Å². The molecule has 0 aromatic rings. The molecule has 2 rings (SSSR count). The van der Waals surface area contributed by atoms with Gasteiger partial charge in [-0.1, -0.05) is 40.5 Å². The van der Waals surface area contributed by atoms with Gasteiger partial charge in [-0.3, -0.25) is 0 Å². The van der Waals surface area contributed by atoms with Gasteiger partial charge in [-0.25, -0.2) is 4.79 Å². The molecule has 0 amide bonds. The van der Waals surface area contributed by atoms with Gasteiger partial charge >= 0.3 is 6.16 Å². The molecule has 2 aliphatic carbocycles. The summed E-state index contributed by atoms with van der Waals surface area (Å²) in [6, 6.07) is 0. The Morgan fingerprint density at radius 2 is 1.62 bits per heavy atom. The van der Waals surface area contributed by atoms with Crippen LogP contribution in [-0.4, -0.2) is 18.4 Å². The van der Waals surface area contributed by atoms with Crippen LogP contribution in [0.25, 0.3) is 0 Å². The highest BCUT2D eigenvalue weighted by Gasteiger charge is 2.35. The van der Waals surface area contributed by atoms with Crippen molar-refractivity contribution < 1.29 is 14.3 Å². The Labute approximate surface area is 129 Å². The van der Waals surface area contributed by atoms with Crippen molar-refractivity contribution >= 4 is 6.16 Å². The van der Waals surface area contributed by atoms with E-state index < -0.39 is 6.16 Å². The van der Waals surface area contributed by atoms with Crippen molar-refractivity contribution in [3.63, 3.8) is 0 Å². The fourth-order valence-corrected chi connectivity index (χ4v) is 3.98. The quantitative estimate of drug-likeness (QED) is 0.673. The predicted octanol–water partition coefficient (Wildman–Crippen LogP) is 5.18. The maximum atomic E-state index is 12.2. The lowest BCUT2D eigenvalue weighted by molar-refractivity contribution is -0.0587. The average molecular weight is 296 g/mol. The largest absolute Gasteiger partial charge is 0.508 e. The molecule has 0 bridgehead atoms. The van der Waals surface area contributed by atoms with E-state index in [1.54, 1.807) is 0 Å². The van der Waals surface area contributed by atoms with Gasteiger partial charge in [0.15, 0.2) is 0 Å². The molecule has 2 fully saturated rings. The van der Waals surface area contributed by atoms with Crippen LogP contribution in [0.1, 0.15) is 72.6 Å². The molecule has 21 heavy (non-hydrogen) atoms. The van der Waals surface area contributed by atoms with Gasteiger partial charge in [-0.05, 0) is 55.8 Å². The van der Waals surface area contributed by atoms with Crippen LogP contribution < -0.4 is 0 Å². The molecule has 3 nitrogen and oxygen atoms in total. The smallest absolute Gasteiger partial charge is 0.431 e. The van der Waals surface area contributed by atoms with Gasteiger partial charge in [0.1, 0.15) is 12.2 Å². The molecule has 0 heterocycles. The molecule has 0 aromatic heterocycles. The molecule has 0 unspecified atom stereocenters. The highest BCUT2D eigenvalue weighted by atomic mass is 16.7. The summed E-state index contributed by atoms with van der Waals surface area (Å²) in [5.41, 5.74) is 0. The average Bonchev–Trinajstić information content (AvgIpc) is 2.41. The van der Waals surface area contributed by atoms with Crippen molar-refractivity contribution in [2.24, 2.45) is 23.7 Å². The Bertz CT molecular complexity index is 339. The summed E-state index contributed by atoms with van der Waals surface area (Å²) in [4.78, 5) is 12.2. The maximum absolute atomic E-state index is 12.2. The lowest BCUT2D eigenvalue weighted by Gasteiger charge is -2.37. The Hall–Kier alpha value is -0.730. The van der Waals surface area contributed by atoms with Gasteiger partial charge < -0.3 is 9.47 Å². The molecule has 122 valence electrons. The van der Waals surface area contributed by atoms with E-state index in [9.17, 15) is 4.79 Å². The number of hydrogen-bond donors (Lipinski definition) is 0. The zero-order chi connectivity index (χ0) is 15.4. The van der Waals surface area contributed by atoms with Crippen LogP contribution in [-0.2, 0) is 9.47 Å². The Morgan fingerprint density at radius 1 is 0.952 bits per heavy atom. The van der Waals surface area contributed by atoms with Gasteiger partial charge in [-0.2, -0.15) is 0 Å². The van der Waals surface area contributed by atoms with Crippen molar-refractivity contribution in [2.75, 3.05) is 0 Å². The van der Waals surface area contributed by atoms with E-state index in [4.69, 9.17) is 9.47 Å². The summed E-state index contributed by atoms with van der Waals surface area (Å²) in [6.07, 6.45) is 7.64. The normalized spacial score (nSPS) is 37.3. The molecular formula is C18H32O3. The first kappa shape index (κ1) is 16.6. The SMILES string of the molecule is CC(C)[C@@H]1CC[C@@H](C)C[C@H]1OC(=O)O[C@H]1CCCC[C@@H]1C. The van der Waals surface area contributed by atoms with Crippen molar-refractivity contribution in [1.29, 1.82) is 0 Å². The lowest BCUT2D eigenvalue weighted by atomic mass is 9.75. The third kappa shape index (κ3) is 4.62. The summed E-state index contributed by atoms with van der Waals surface area (Å²) < 4.78 is 11.3. The van der Waals surface area contributed by atoms with Crippen molar-refractivity contribution in [3.05, 3.63) is 0 Å². The third-order valence-corrected chi connectivity index (χ3v) is 5.49. The van der Waals surface area contributed by atoms with Crippen LogP contribution in [0.2, 0.25) is 0 Å². The molecule has 0 N–H and O–H groups in total. The summed E-state index contributed by atoms with van der Waals surface area (Å²) in [6.45, 7) is 8.88. The van der Waals surface area contributed by atoms with E-state index in [2.05, 4.69) is 27.7 Å². The Morgan fingerprint density at radius 3 is 2.29 bits per heavy atom. The van der Waals surface area contributed by atoms with Crippen LogP contribution in [0.15, 0.2) is 0 Å². The van der Waals surface area contributed by atoms with E-state index in [0.29, 0.717) is 23.7 Å². The zero-order valence-corrected chi connectivity index (χ0v) is 14.1. The fraction of sp³-hybridized carbons (Fsp3) is 0.944. The highest BCUT2D eigenvalue weighted by Crippen LogP contribution is 2.36. The zero-order valence-electron chi connectivity index (χ0n) is 14.1. The van der Waals surface area contributed by atoms with Crippen LogP contribution in [0, 0.1) is 23.7 Å². The van der Waals surface area contributed by atoms with Gasteiger partial charge in [0.2, 0.25) is 0 Å². The van der Waals surface area contributed by atoms with Crippen molar-refractivity contribution in [2.45, 2.75) is 84.8 Å². The third-order valence-electron chi connectivity index (χ3n) is 5.49. The minimum atomic E-state index is -0.432. The second-order valence-electron chi connectivity index (χ2n) is 7.65. The van der Waals surface area contributed by atoms with Gasteiger partial charge in [-0.15, -0.1) is 0 Å². The van der Waals surface area contributed by atoms with Crippen LogP contribution in [0.4, 0.5) is 4.79 Å². The number of carbonyl (C=O) groups is 1. The molecule has 0 saturated heterocycles. The molecule has 0 aromatic carbocycles. The Balaban J connectivity index is 1.87. The monoisotopic (exact) mass is 296 g/mol. The summed E-state index contributed by atoms with van der Waals surface area (Å²) >= 11 is 0. The first-order valence-electron chi connectivity index (χ1n) is 8.84. The predicted molar refractivity (Wildman–Crippen MR) is 84.1 cm³/mol. The maximum Gasteiger partial charge on any atom is 0.508 e. The molecule has 0 spiro atoms. The first-order chi connectivity index (χ1) is 9.97. The standard InChI is InChI=1S/C18H32O3/c1-12(2)15-10-9-13(3)11-17(15)21-18(19)20-16-8-6-5-7-14(16)4/h12-17H,5-11H2,1-4H3/t13-,14+,15+,16+,17-/m1/s1. The molecule has 5 atom stereocenters. The number of rotatable bonds is 3. The van der Waals surface area contributed by atoms with Crippen molar-refractivity contribution in [3.8, 4) is 0 Å². The summed E-state index contributed by atoms with van der Waals surface area (Å²) in [5.74, 6) is 2.16. The minimum absolute atomic E-state index is 0.0418. The lowest BCUT2D eigenvalue weighted by Crippen LogP contribution is -2.37. The van der Waals surface area contributed by atoms with E-state index in [1.807, 2.05) is 0 Å². The highest BCUT2D eigenvalue weighted by molar-refractivity contribution is 5.60. The second kappa shape index (κ2) is 7.51. The van der Waals surface area contributed by atoms with Crippen LogP contribution in [0.5, 0.6) is 0 Å². The van der Waals surface area contributed by atoms with E-state index in [-0.39, 0.29) is 12.2 Å². The van der Waals surface area contributed by atoms with Gasteiger partial charge in [0.25, 0.3) is 0 Å². The van der Waals surface area contributed by atoms with Gasteiger partial charge in [0.05, 0.1) is 0 Å². The van der Waals surface area contributed by atoms with E-state index >= 15 is 0 Å². The Kier molecular flexibility index (Phi) is 5.95.